The highest BCUT2D eigenvalue weighted by Crippen LogP contribution is 2.64. The molecule has 1 saturated heterocycles. The standard InChI is InChI=1S/C24H31BrN2O4/c1-30-18-3-4-19(20(10-18)31-2)21(28)26-5-7-27(8-6-26)22(29)23-11-16-9-17(12-23)14-24(25,13-16)15-23/h3-4,10,16-17H,5-9,11-15H2,1-2H3. The molecule has 0 N–H and O–H groups in total. The van der Waals surface area contributed by atoms with Crippen LogP contribution in [-0.4, -0.2) is 66.3 Å². The molecule has 31 heavy (non-hydrogen) atoms. The maximum atomic E-state index is 13.7. The van der Waals surface area contributed by atoms with Crippen molar-refractivity contribution in [3.8, 4) is 11.5 Å². The smallest absolute Gasteiger partial charge is 0.257 e. The Morgan fingerprint density at radius 3 is 2.19 bits per heavy atom. The molecule has 1 heterocycles. The molecule has 6 rings (SSSR count). The summed E-state index contributed by atoms with van der Waals surface area (Å²) in [6.45, 7) is 2.33. The number of nitrogens with zero attached hydrogens (tertiary/aromatic N) is 2. The summed E-state index contributed by atoms with van der Waals surface area (Å²) in [6.07, 6.45) is 6.84. The first-order chi connectivity index (χ1) is 14.8. The second-order valence-electron chi connectivity index (χ2n) is 10.0. The molecule has 4 saturated carbocycles. The molecule has 0 radical (unpaired) electrons. The number of halogens is 1. The number of rotatable bonds is 4. The van der Waals surface area contributed by atoms with Crippen LogP contribution in [0, 0.1) is 17.3 Å². The molecule has 0 spiro atoms. The van der Waals surface area contributed by atoms with Gasteiger partial charge in [0.05, 0.1) is 25.2 Å². The lowest BCUT2D eigenvalue weighted by atomic mass is 9.49. The Labute approximate surface area is 192 Å². The first-order valence-electron chi connectivity index (χ1n) is 11.3. The topological polar surface area (TPSA) is 59.1 Å². The van der Waals surface area contributed by atoms with Crippen molar-refractivity contribution in [3.63, 3.8) is 0 Å². The van der Waals surface area contributed by atoms with Gasteiger partial charge in [0.1, 0.15) is 11.5 Å². The Morgan fingerprint density at radius 2 is 1.61 bits per heavy atom. The van der Waals surface area contributed by atoms with E-state index in [0.717, 1.165) is 19.3 Å². The van der Waals surface area contributed by atoms with Crippen LogP contribution in [0.5, 0.6) is 11.5 Å². The average Bonchev–Trinajstić information content (AvgIpc) is 2.76. The minimum atomic E-state index is -0.182. The summed E-state index contributed by atoms with van der Waals surface area (Å²) in [7, 11) is 3.15. The van der Waals surface area contributed by atoms with Crippen LogP contribution >= 0.6 is 15.9 Å². The zero-order valence-corrected chi connectivity index (χ0v) is 19.9. The molecule has 5 aliphatic rings. The number of carbonyl (C=O) groups is 2. The highest BCUT2D eigenvalue weighted by Gasteiger charge is 2.60. The molecule has 2 atom stereocenters. The van der Waals surface area contributed by atoms with E-state index in [1.807, 2.05) is 9.80 Å². The summed E-state index contributed by atoms with van der Waals surface area (Å²) < 4.78 is 10.8. The van der Waals surface area contributed by atoms with Gasteiger partial charge in [0, 0.05) is 36.6 Å². The largest absolute Gasteiger partial charge is 0.497 e. The zero-order valence-electron chi connectivity index (χ0n) is 18.4. The number of hydrogen-bond acceptors (Lipinski definition) is 4. The molecule has 2 unspecified atom stereocenters. The SMILES string of the molecule is COc1ccc(C(=O)N2CCN(C(=O)C34CC5CC(CC(Br)(C5)C3)C4)CC2)c(OC)c1. The van der Waals surface area contributed by atoms with E-state index in [0.29, 0.717) is 61.0 Å². The summed E-state index contributed by atoms with van der Waals surface area (Å²) in [6, 6.07) is 5.26. The molecule has 1 aromatic rings. The maximum absolute atomic E-state index is 13.7. The highest BCUT2D eigenvalue weighted by atomic mass is 79.9. The number of carbonyl (C=O) groups excluding carboxylic acids is 2. The fourth-order valence-electron chi connectivity index (χ4n) is 6.99. The van der Waals surface area contributed by atoms with Crippen molar-refractivity contribution in [3.05, 3.63) is 23.8 Å². The number of piperazine rings is 1. The predicted octanol–water partition coefficient (Wildman–Crippen LogP) is 3.72. The van der Waals surface area contributed by atoms with Gasteiger partial charge in [0.25, 0.3) is 5.91 Å². The number of amides is 2. The second-order valence-corrected chi connectivity index (χ2v) is 11.7. The van der Waals surface area contributed by atoms with Crippen LogP contribution in [0.25, 0.3) is 0 Å². The van der Waals surface area contributed by atoms with Crippen LogP contribution in [0.3, 0.4) is 0 Å². The van der Waals surface area contributed by atoms with Gasteiger partial charge in [-0.2, -0.15) is 0 Å². The van der Waals surface area contributed by atoms with E-state index in [2.05, 4.69) is 15.9 Å². The van der Waals surface area contributed by atoms with Crippen molar-refractivity contribution < 1.29 is 19.1 Å². The number of alkyl halides is 1. The fraction of sp³-hybridized carbons (Fsp3) is 0.667. The predicted molar refractivity (Wildman–Crippen MR) is 121 cm³/mol. The lowest BCUT2D eigenvalue weighted by Gasteiger charge is -2.60. The van der Waals surface area contributed by atoms with Gasteiger partial charge in [-0.25, -0.2) is 0 Å². The van der Waals surface area contributed by atoms with Crippen LogP contribution in [0.15, 0.2) is 18.2 Å². The lowest BCUT2D eigenvalue weighted by Crippen LogP contribution is -2.61. The number of benzene rings is 1. The molecule has 4 aliphatic carbocycles. The van der Waals surface area contributed by atoms with Gasteiger partial charge in [0.15, 0.2) is 0 Å². The third-order valence-corrected chi connectivity index (χ3v) is 8.86. The first-order valence-corrected chi connectivity index (χ1v) is 12.1. The third kappa shape index (κ3) is 3.62. The van der Waals surface area contributed by atoms with Crippen molar-refractivity contribution in [1.82, 2.24) is 9.80 Å². The average molecular weight is 491 g/mol. The quantitative estimate of drug-likeness (QED) is 0.603. The molecular weight excluding hydrogens is 460 g/mol. The van der Waals surface area contributed by atoms with Crippen molar-refractivity contribution in [2.45, 2.75) is 42.8 Å². The third-order valence-electron chi connectivity index (χ3n) is 7.94. The van der Waals surface area contributed by atoms with E-state index in [4.69, 9.17) is 9.47 Å². The summed E-state index contributed by atoms with van der Waals surface area (Å²) in [4.78, 5) is 30.7. The van der Waals surface area contributed by atoms with E-state index in [1.165, 1.54) is 19.3 Å². The van der Waals surface area contributed by atoms with Gasteiger partial charge in [-0.15, -0.1) is 0 Å². The first kappa shape index (κ1) is 21.1. The second kappa shape index (κ2) is 7.68. The normalized spacial score (nSPS) is 34.0. The summed E-state index contributed by atoms with van der Waals surface area (Å²) >= 11 is 4.02. The molecule has 7 heteroatoms. The van der Waals surface area contributed by atoms with Crippen molar-refractivity contribution in [1.29, 1.82) is 0 Å². The fourth-order valence-corrected chi connectivity index (χ4v) is 8.45. The molecule has 6 nitrogen and oxygen atoms in total. The van der Waals surface area contributed by atoms with Crippen LogP contribution in [0.1, 0.15) is 48.9 Å². The maximum Gasteiger partial charge on any atom is 0.257 e. The van der Waals surface area contributed by atoms with Crippen LogP contribution < -0.4 is 9.47 Å². The van der Waals surface area contributed by atoms with Crippen LogP contribution in [0.4, 0.5) is 0 Å². The van der Waals surface area contributed by atoms with Gasteiger partial charge in [-0.3, -0.25) is 9.59 Å². The van der Waals surface area contributed by atoms with Gasteiger partial charge in [-0.05, 0) is 62.5 Å². The lowest BCUT2D eigenvalue weighted by molar-refractivity contribution is -0.157. The van der Waals surface area contributed by atoms with Crippen molar-refractivity contribution in [2.75, 3.05) is 40.4 Å². The zero-order chi connectivity index (χ0) is 21.8. The number of hydrogen-bond donors (Lipinski definition) is 0. The van der Waals surface area contributed by atoms with Crippen molar-refractivity contribution in [2.24, 2.45) is 17.3 Å². The summed E-state index contributed by atoms with van der Waals surface area (Å²) in [5, 5.41) is 0. The minimum absolute atomic E-state index is 0.0548. The molecule has 5 fully saturated rings. The minimum Gasteiger partial charge on any atom is -0.497 e. The van der Waals surface area contributed by atoms with Crippen LogP contribution in [0.2, 0.25) is 0 Å². The van der Waals surface area contributed by atoms with Crippen LogP contribution in [-0.2, 0) is 4.79 Å². The molecule has 2 amide bonds. The van der Waals surface area contributed by atoms with Gasteiger partial charge in [0.2, 0.25) is 5.91 Å². The Morgan fingerprint density at radius 1 is 0.968 bits per heavy atom. The Kier molecular flexibility index (Phi) is 5.23. The molecule has 4 bridgehead atoms. The van der Waals surface area contributed by atoms with E-state index in [9.17, 15) is 9.59 Å². The molecular formula is C24H31BrN2O4. The Bertz CT molecular complexity index is 882. The molecule has 1 aliphatic heterocycles. The Hall–Kier alpha value is -1.76. The Balaban J connectivity index is 1.26. The van der Waals surface area contributed by atoms with Gasteiger partial charge < -0.3 is 19.3 Å². The van der Waals surface area contributed by atoms with E-state index >= 15 is 0 Å². The van der Waals surface area contributed by atoms with Crippen molar-refractivity contribution >= 4 is 27.7 Å². The highest BCUT2D eigenvalue weighted by molar-refractivity contribution is 9.10. The van der Waals surface area contributed by atoms with E-state index in [1.54, 1.807) is 32.4 Å². The summed E-state index contributed by atoms with van der Waals surface area (Å²) in [5.41, 5.74) is 0.351. The number of methoxy groups -OCH3 is 2. The molecule has 0 aromatic heterocycles. The van der Waals surface area contributed by atoms with Gasteiger partial charge >= 0.3 is 0 Å². The van der Waals surface area contributed by atoms with Gasteiger partial charge in [-0.1, -0.05) is 15.9 Å². The monoisotopic (exact) mass is 490 g/mol. The molecule has 168 valence electrons. The van der Waals surface area contributed by atoms with E-state index < -0.39 is 0 Å². The number of ether oxygens (including phenoxy) is 2. The summed E-state index contributed by atoms with van der Waals surface area (Å²) in [5.74, 6) is 2.83. The van der Waals surface area contributed by atoms with E-state index in [-0.39, 0.29) is 15.6 Å². The molecule has 1 aromatic carbocycles.